The van der Waals surface area contributed by atoms with Crippen LogP contribution in [-0.4, -0.2) is 33.3 Å². The smallest absolute Gasteiger partial charge is 0.220 e. The van der Waals surface area contributed by atoms with E-state index in [1.165, 1.54) is 0 Å². The second kappa shape index (κ2) is 10.2. The average Bonchev–Trinajstić information content (AvgIpc) is 2.66. The van der Waals surface area contributed by atoms with E-state index in [-0.39, 0.29) is 5.91 Å². The van der Waals surface area contributed by atoms with Gasteiger partial charge < -0.3 is 19.5 Å². The van der Waals surface area contributed by atoms with E-state index in [2.05, 4.69) is 5.32 Å². The minimum Gasteiger partial charge on any atom is -0.497 e. The van der Waals surface area contributed by atoms with Crippen molar-refractivity contribution in [1.82, 2.24) is 5.32 Å². The molecule has 2 rings (SSSR count). The Morgan fingerprint density at radius 2 is 1.80 bits per heavy atom. The molecular weight excluding hydrogens is 318 g/mol. The Bertz CT molecular complexity index is 658. The van der Waals surface area contributed by atoms with Crippen molar-refractivity contribution in [2.24, 2.45) is 0 Å². The molecule has 0 aliphatic heterocycles. The topological polar surface area (TPSA) is 56.8 Å². The zero-order valence-corrected chi connectivity index (χ0v) is 14.8. The zero-order chi connectivity index (χ0) is 17.9. The van der Waals surface area contributed by atoms with Crippen LogP contribution in [-0.2, 0) is 11.2 Å². The molecule has 0 aliphatic carbocycles. The van der Waals surface area contributed by atoms with Gasteiger partial charge in [0.1, 0.15) is 17.2 Å². The third-order valence-electron chi connectivity index (χ3n) is 3.76. The molecule has 5 nitrogen and oxygen atoms in total. The molecule has 5 heteroatoms. The third kappa shape index (κ3) is 6.37. The first-order valence-corrected chi connectivity index (χ1v) is 8.38. The molecule has 0 radical (unpaired) electrons. The lowest BCUT2D eigenvalue weighted by Gasteiger charge is -2.11. The second-order valence-electron chi connectivity index (χ2n) is 5.54. The Labute approximate surface area is 148 Å². The van der Waals surface area contributed by atoms with Gasteiger partial charge in [0, 0.05) is 13.0 Å². The number of hydrogen-bond acceptors (Lipinski definition) is 4. The number of rotatable bonds is 10. The number of carbonyl (C=O) groups is 1. The molecule has 0 unspecified atom stereocenters. The summed E-state index contributed by atoms with van der Waals surface area (Å²) in [5.74, 6) is 2.39. The number of benzene rings is 2. The van der Waals surface area contributed by atoms with Crippen LogP contribution in [0.1, 0.15) is 18.4 Å². The van der Waals surface area contributed by atoms with Crippen molar-refractivity contribution in [2.45, 2.75) is 19.3 Å². The van der Waals surface area contributed by atoms with Crippen LogP contribution in [0.2, 0.25) is 0 Å². The van der Waals surface area contributed by atoms with E-state index in [0.717, 1.165) is 29.2 Å². The fourth-order valence-electron chi connectivity index (χ4n) is 2.42. The van der Waals surface area contributed by atoms with Gasteiger partial charge in [0.25, 0.3) is 0 Å². The van der Waals surface area contributed by atoms with E-state index in [0.29, 0.717) is 26.0 Å². The molecule has 0 spiro atoms. The van der Waals surface area contributed by atoms with Crippen molar-refractivity contribution in [3.8, 4) is 17.2 Å². The van der Waals surface area contributed by atoms with E-state index in [1.807, 2.05) is 48.5 Å². The highest BCUT2D eigenvalue weighted by Gasteiger charge is 2.08. The lowest BCUT2D eigenvalue weighted by molar-refractivity contribution is -0.121. The maximum Gasteiger partial charge on any atom is 0.220 e. The summed E-state index contributed by atoms with van der Waals surface area (Å²) in [4.78, 5) is 12.0. The van der Waals surface area contributed by atoms with Crippen LogP contribution < -0.4 is 19.5 Å². The van der Waals surface area contributed by atoms with Gasteiger partial charge in [0.15, 0.2) is 0 Å². The molecule has 2 aromatic carbocycles. The molecule has 2 aromatic rings. The number of amides is 1. The number of methoxy groups -OCH3 is 2. The van der Waals surface area contributed by atoms with Crippen molar-refractivity contribution in [2.75, 3.05) is 27.4 Å². The first kappa shape index (κ1) is 18.6. The molecule has 25 heavy (non-hydrogen) atoms. The maximum atomic E-state index is 12.0. The number of carbonyl (C=O) groups excluding carboxylic acids is 1. The monoisotopic (exact) mass is 343 g/mol. The number of nitrogens with one attached hydrogen (secondary N) is 1. The van der Waals surface area contributed by atoms with Gasteiger partial charge in [0.05, 0.1) is 20.8 Å². The molecule has 1 N–H and O–H groups in total. The quantitative estimate of drug-likeness (QED) is 0.673. The fraction of sp³-hybridized carbons (Fsp3) is 0.350. The third-order valence-corrected chi connectivity index (χ3v) is 3.76. The van der Waals surface area contributed by atoms with Crippen molar-refractivity contribution >= 4 is 5.91 Å². The van der Waals surface area contributed by atoms with E-state index in [9.17, 15) is 4.79 Å². The molecule has 0 atom stereocenters. The molecule has 0 aromatic heterocycles. The molecule has 0 saturated carbocycles. The average molecular weight is 343 g/mol. The standard InChI is InChI=1S/C20H25NO4/c1-23-18-10-11-19(24-2)16(15-18)9-12-20(22)21-13-6-14-25-17-7-4-3-5-8-17/h3-5,7-8,10-11,15H,6,9,12-14H2,1-2H3,(H,21,22). The van der Waals surface area contributed by atoms with Crippen LogP contribution in [0, 0.1) is 0 Å². The van der Waals surface area contributed by atoms with Gasteiger partial charge in [-0.2, -0.15) is 0 Å². The highest BCUT2D eigenvalue weighted by Crippen LogP contribution is 2.25. The summed E-state index contributed by atoms with van der Waals surface area (Å²) in [6.45, 7) is 1.18. The van der Waals surface area contributed by atoms with E-state index in [4.69, 9.17) is 14.2 Å². The van der Waals surface area contributed by atoms with Crippen LogP contribution in [0.25, 0.3) is 0 Å². The molecule has 0 aliphatic rings. The van der Waals surface area contributed by atoms with E-state index < -0.39 is 0 Å². The van der Waals surface area contributed by atoms with Crippen molar-refractivity contribution in [3.05, 3.63) is 54.1 Å². The molecule has 0 fully saturated rings. The lowest BCUT2D eigenvalue weighted by atomic mass is 10.1. The van der Waals surface area contributed by atoms with E-state index >= 15 is 0 Å². The number of ether oxygens (including phenoxy) is 3. The minimum absolute atomic E-state index is 0.0181. The van der Waals surface area contributed by atoms with Gasteiger partial charge in [-0.15, -0.1) is 0 Å². The second-order valence-corrected chi connectivity index (χ2v) is 5.54. The lowest BCUT2D eigenvalue weighted by Crippen LogP contribution is -2.25. The number of hydrogen-bond donors (Lipinski definition) is 1. The van der Waals surface area contributed by atoms with Gasteiger partial charge in [-0.05, 0) is 48.7 Å². The zero-order valence-electron chi connectivity index (χ0n) is 14.8. The molecule has 134 valence electrons. The number of para-hydroxylation sites is 1. The fourth-order valence-corrected chi connectivity index (χ4v) is 2.42. The molecule has 0 heterocycles. The first-order valence-electron chi connectivity index (χ1n) is 8.38. The summed E-state index contributed by atoms with van der Waals surface area (Å²) >= 11 is 0. The summed E-state index contributed by atoms with van der Waals surface area (Å²) in [5.41, 5.74) is 0.962. The Hall–Kier alpha value is -2.69. The van der Waals surface area contributed by atoms with Gasteiger partial charge >= 0.3 is 0 Å². The van der Waals surface area contributed by atoms with Crippen molar-refractivity contribution in [3.63, 3.8) is 0 Å². The van der Waals surface area contributed by atoms with Crippen LogP contribution >= 0.6 is 0 Å². The molecule has 0 bridgehead atoms. The summed E-state index contributed by atoms with van der Waals surface area (Å²) < 4.78 is 16.1. The summed E-state index contributed by atoms with van der Waals surface area (Å²) in [6, 6.07) is 15.3. The van der Waals surface area contributed by atoms with Gasteiger partial charge in [0.2, 0.25) is 5.91 Å². The Kier molecular flexibility index (Phi) is 7.63. The SMILES string of the molecule is COc1ccc(OC)c(CCC(=O)NCCCOc2ccccc2)c1. The summed E-state index contributed by atoms with van der Waals surface area (Å²) in [5, 5.41) is 2.91. The van der Waals surface area contributed by atoms with E-state index in [1.54, 1.807) is 14.2 Å². The number of aryl methyl sites for hydroxylation is 1. The van der Waals surface area contributed by atoms with Crippen LogP contribution in [0.15, 0.2) is 48.5 Å². The Balaban J connectivity index is 1.67. The van der Waals surface area contributed by atoms with Gasteiger partial charge in [-0.1, -0.05) is 18.2 Å². The van der Waals surface area contributed by atoms with Crippen molar-refractivity contribution in [1.29, 1.82) is 0 Å². The van der Waals surface area contributed by atoms with Crippen LogP contribution in [0.4, 0.5) is 0 Å². The predicted molar refractivity (Wildman–Crippen MR) is 97.4 cm³/mol. The normalized spacial score (nSPS) is 10.2. The summed E-state index contributed by atoms with van der Waals surface area (Å²) in [7, 11) is 3.24. The van der Waals surface area contributed by atoms with Crippen molar-refractivity contribution < 1.29 is 19.0 Å². The molecule has 1 amide bonds. The minimum atomic E-state index is 0.0181. The Morgan fingerprint density at radius 1 is 1.00 bits per heavy atom. The molecule has 0 saturated heterocycles. The largest absolute Gasteiger partial charge is 0.497 e. The van der Waals surface area contributed by atoms with Crippen LogP contribution in [0.3, 0.4) is 0 Å². The first-order chi connectivity index (χ1) is 12.2. The Morgan fingerprint density at radius 3 is 2.52 bits per heavy atom. The predicted octanol–water partition coefficient (Wildman–Crippen LogP) is 3.22. The van der Waals surface area contributed by atoms with Gasteiger partial charge in [-0.25, -0.2) is 0 Å². The van der Waals surface area contributed by atoms with Crippen LogP contribution in [0.5, 0.6) is 17.2 Å². The highest BCUT2D eigenvalue weighted by molar-refractivity contribution is 5.76. The highest BCUT2D eigenvalue weighted by atomic mass is 16.5. The van der Waals surface area contributed by atoms with Gasteiger partial charge in [-0.3, -0.25) is 4.79 Å². The summed E-state index contributed by atoms with van der Waals surface area (Å²) in [6.07, 6.45) is 1.78. The maximum absolute atomic E-state index is 12.0. The molecular formula is C20H25NO4.